The third kappa shape index (κ3) is 3.13. The monoisotopic (exact) mass is 334 g/mol. The van der Waals surface area contributed by atoms with Crippen LogP contribution in [0.2, 0.25) is 5.02 Å². The second-order valence-corrected chi connectivity index (χ2v) is 5.76. The summed E-state index contributed by atoms with van der Waals surface area (Å²) in [5.41, 5.74) is 1.86. The summed E-state index contributed by atoms with van der Waals surface area (Å²) >= 11 is 11.2. The van der Waals surface area contributed by atoms with E-state index in [1.54, 1.807) is 38.1 Å². The summed E-state index contributed by atoms with van der Waals surface area (Å²) in [6.07, 6.45) is 0. The average molecular weight is 335 g/mol. The highest BCUT2D eigenvalue weighted by Crippen LogP contribution is 2.38. The summed E-state index contributed by atoms with van der Waals surface area (Å²) < 4.78 is 5.14. The fourth-order valence-corrected chi connectivity index (χ4v) is 3.00. The van der Waals surface area contributed by atoms with Crippen LogP contribution < -0.4 is 5.32 Å². The number of esters is 1. The van der Waals surface area contributed by atoms with E-state index in [9.17, 15) is 10.1 Å². The molecule has 0 radical (unpaired) electrons. The van der Waals surface area contributed by atoms with Gasteiger partial charge in [0.25, 0.3) is 0 Å². The molecule has 2 unspecified atom stereocenters. The highest BCUT2D eigenvalue weighted by Gasteiger charge is 2.39. The molecule has 1 N–H and O–H groups in total. The number of halogens is 1. The van der Waals surface area contributed by atoms with Crippen molar-refractivity contribution in [1.82, 2.24) is 5.32 Å². The summed E-state index contributed by atoms with van der Waals surface area (Å²) in [6, 6.07) is 9.25. The van der Waals surface area contributed by atoms with Crippen molar-refractivity contribution in [3.05, 3.63) is 46.1 Å². The van der Waals surface area contributed by atoms with Gasteiger partial charge < -0.3 is 10.1 Å². The molecule has 0 saturated carbocycles. The lowest BCUT2D eigenvalue weighted by Gasteiger charge is -2.31. The third-order valence-electron chi connectivity index (χ3n) is 3.51. The Kier molecular flexibility index (Phi) is 5.17. The van der Waals surface area contributed by atoms with Gasteiger partial charge in [0.05, 0.1) is 23.2 Å². The van der Waals surface area contributed by atoms with E-state index in [1.807, 2.05) is 0 Å². The van der Waals surface area contributed by atoms with Crippen molar-refractivity contribution < 1.29 is 9.53 Å². The van der Waals surface area contributed by atoms with Crippen LogP contribution in [0, 0.1) is 17.2 Å². The first-order chi connectivity index (χ1) is 10.5. The second kappa shape index (κ2) is 6.91. The molecule has 2 rings (SSSR count). The van der Waals surface area contributed by atoms with Crippen LogP contribution in [0.15, 0.2) is 35.5 Å². The fourth-order valence-electron chi connectivity index (χ4n) is 2.53. The Morgan fingerprint density at radius 2 is 2.09 bits per heavy atom. The zero-order valence-corrected chi connectivity index (χ0v) is 13.8. The van der Waals surface area contributed by atoms with Crippen LogP contribution in [0.3, 0.4) is 0 Å². The molecule has 4 nitrogen and oxygen atoms in total. The number of thiocarbonyl (C=S) groups is 1. The molecule has 1 aromatic carbocycles. The van der Waals surface area contributed by atoms with E-state index in [4.69, 9.17) is 28.6 Å². The van der Waals surface area contributed by atoms with Gasteiger partial charge in [-0.1, -0.05) is 36.0 Å². The van der Waals surface area contributed by atoms with Crippen molar-refractivity contribution in [2.45, 2.75) is 19.8 Å². The molecule has 0 saturated heterocycles. The molecule has 0 fully saturated rings. The van der Waals surface area contributed by atoms with Crippen molar-refractivity contribution in [3.8, 4) is 6.07 Å². The molecule has 0 amide bonds. The first-order valence-electron chi connectivity index (χ1n) is 6.83. The van der Waals surface area contributed by atoms with Crippen molar-refractivity contribution in [1.29, 1.82) is 5.26 Å². The third-order valence-corrected chi connectivity index (χ3v) is 4.11. The molecule has 0 aromatic heterocycles. The number of allylic oxidation sites excluding steroid dienone is 1. The lowest BCUT2D eigenvalue weighted by molar-refractivity contribution is -0.139. The maximum atomic E-state index is 12.3. The number of hydrogen-bond acceptors (Lipinski definition) is 4. The Morgan fingerprint density at radius 3 is 2.64 bits per heavy atom. The normalized spacial score (nSPS) is 21.1. The molecule has 0 bridgehead atoms. The molecule has 1 aromatic rings. The number of ether oxygens (including phenoxy) is 1. The van der Waals surface area contributed by atoms with Gasteiger partial charge >= 0.3 is 5.97 Å². The van der Waals surface area contributed by atoms with E-state index in [-0.39, 0.29) is 6.61 Å². The smallest absolute Gasteiger partial charge is 0.336 e. The van der Waals surface area contributed by atoms with Crippen LogP contribution in [-0.4, -0.2) is 17.6 Å². The molecular weight excluding hydrogens is 320 g/mol. The molecule has 0 aliphatic carbocycles. The lowest BCUT2D eigenvalue weighted by Crippen LogP contribution is -2.40. The zero-order valence-electron chi connectivity index (χ0n) is 12.2. The van der Waals surface area contributed by atoms with Gasteiger partial charge in [-0.3, -0.25) is 0 Å². The lowest BCUT2D eigenvalue weighted by atomic mass is 9.78. The Labute approximate surface area is 139 Å². The van der Waals surface area contributed by atoms with Crippen LogP contribution in [0.1, 0.15) is 25.3 Å². The van der Waals surface area contributed by atoms with E-state index in [0.29, 0.717) is 21.3 Å². The first kappa shape index (κ1) is 16.5. The summed E-state index contributed by atoms with van der Waals surface area (Å²) in [7, 11) is 0. The summed E-state index contributed by atoms with van der Waals surface area (Å²) in [4.78, 5) is 12.7. The highest BCUT2D eigenvalue weighted by atomic mass is 35.5. The number of nitrogens with zero attached hydrogens (tertiary/aromatic N) is 1. The molecule has 2 atom stereocenters. The van der Waals surface area contributed by atoms with Gasteiger partial charge in [-0.2, -0.15) is 5.26 Å². The molecule has 1 aliphatic rings. The summed E-state index contributed by atoms with van der Waals surface area (Å²) in [6.45, 7) is 3.77. The standard InChI is InChI=1S/C16H15ClN2O2S/c1-3-21-16(20)13-9(2)19-15(22)12(8-18)14(13)10-4-6-11(17)7-5-10/h4-7,12,14H,3H2,1-2H3,(H,19,22). The van der Waals surface area contributed by atoms with Crippen LogP contribution in [0.4, 0.5) is 0 Å². The largest absolute Gasteiger partial charge is 0.463 e. The summed E-state index contributed by atoms with van der Waals surface area (Å²) in [5.74, 6) is -1.52. The molecular formula is C16H15ClN2O2S. The Morgan fingerprint density at radius 1 is 1.45 bits per heavy atom. The Balaban J connectivity index is 2.57. The topological polar surface area (TPSA) is 62.1 Å². The first-order valence-corrected chi connectivity index (χ1v) is 7.62. The Bertz CT molecular complexity index is 676. The maximum absolute atomic E-state index is 12.3. The van der Waals surface area contributed by atoms with Gasteiger partial charge in [-0.15, -0.1) is 0 Å². The van der Waals surface area contributed by atoms with E-state index in [1.165, 1.54) is 0 Å². The van der Waals surface area contributed by atoms with Crippen molar-refractivity contribution in [2.75, 3.05) is 6.61 Å². The van der Waals surface area contributed by atoms with Crippen LogP contribution in [-0.2, 0) is 9.53 Å². The van der Waals surface area contributed by atoms with E-state index in [2.05, 4.69) is 11.4 Å². The van der Waals surface area contributed by atoms with Crippen molar-refractivity contribution >= 4 is 34.8 Å². The molecule has 22 heavy (non-hydrogen) atoms. The molecule has 114 valence electrons. The van der Waals surface area contributed by atoms with Crippen LogP contribution in [0.5, 0.6) is 0 Å². The predicted octanol–water partition coefficient (Wildman–Crippen LogP) is 3.33. The number of carbonyl (C=O) groups excluding carboxylic acids is 1. The minimum Gasteiger partial charge on any atom is -0.463 e. The number of nitrogens with one attached hydrogen (secondary N) is 1. The van der Waals surface area contributed by atoms with E-state index in [0.717, 1.165) is 5.56 Å². The molecule has 1 aliphatic heterocycles. The zero-order chi connectivity index (χ0) is 16.3. The van der Waals surface area contributed by atoms with Gasteiger partial charge in [0, 0.05) is 16.6 Å². The molecule has 6 heteroatoms. The Hall–Kier alpha value is -1.90. The number of rotatable bonds is 3. The van der Waals surface area contributed by atoms with Gasteiger partial charge in [-0.25, -0.2) is 4.79 Å². The second-order valence-electron chi connectivity index (χ2n) is 4.88. The van der Waals surface area contributed by atoms with E-state index < -0.39 is 17.8 Å². The van der Waals surface area contributed by atoms with Gasteiger partial charge in [-0.05, 0) is 31.5 Å². The molecule has 0 spiro atoms. The highest BCUT2D eigenvalue weighted by molar-refractivity contribution is 7.80. The average Bonchev–Trinajstić information content (AvgIpc) is 2.47. The van der Waals surface area contributed by atoms with E-state index >= 15 is 0 Å². The molecule has 1 heterocycles. The number of nitriles is 1. The van der Waals surface area contributed by atoms with Crippen molar-refractivity contribution in [3.63, 3.8) is 0 Å². The van der Waals surface area contributed by atoms with Crippen molar-refractivity contribution in [2.24, 2.45) is 5.92 Å². The number of carbonyl (C=O) groups is 1. The van der Waals surface area contributed by atoms with Crippen LogP contribution >= 0.6 is 23.8 Å². The van der Waals surface area contributed by atoms with Gasteiger partial charge in [0.15, 0.2) is 0 Å². The van der Waals surface area contributed by atoms with Gasteiger partial charge in [0.1, 0.15) is 5.92 Å². The van der Waals surface area contributed by atoms with Gasteiger partial charge in [0.2, 0.25) is 0 Å². The number of benzene rings is 1. The fraction of sp³-hybridized carbons (Fsp3) is 0.312. The SMILES string of the molecule is CCOC(=O)C1=C(C)NC(=S)C(C#N)C1c1ccc(Cl)cc1. The summed E-state index contributed by atoms with van der Waals surface area (Å²) in [5, 5.41) is 13.0. The van der Waals surface area contributed by atoms with Crippen LogP contribution in [0.25, 0.3) is 0 Å². The number of hydrogen-bond donors (Lipinski definition) is 1. The minimum atomic E-state index is -0.626. The quantitative estimate of drug-likeness (QED) is 0.678. The predicted molar refractivity (Wildman–Crippen MR) is 88.4 cm³/mol. The maximum Gasteiger partial charge on any atom is 0.336 e. The minimum absolute atomic E-state index is 0.268.